The smallest absolute Gasteiger partial charge is 0.156 e. The van der Waals surface area contributed by atoms with Crippen molar-refractivity contribution in [3.05, 3.63) is 0 Å². The van der Waals surface area contributed by atoms with Crippen LogP contribution in [0.4, 0.5) is 0 Å². The molecule has 0 rings (SSSR count). The van der Waals surface area contributed by atoms with Crippen molar-refractivity contribution in [3.63, 3.8) is 0 Å². The van der Waals surface area contributed by atoms with Crippen molar-refractivity contribution < 1.29 is 18.9 Å². The van der Waals surface area contributed by atoms with Gasteiger partial charge in [-0.05, 0) is 25.7 Å². The van der Waals surface area contributed by atoms with Crippen LogP contribution in [-0.2, 0) is 18.9 Å². The van der Waals surface area contributed by atoms with Gasteiger partial charge in [0.1, 0.15) is 0 Å². The number of ether oxygens (including phenoxy) is 4. The van der Waals surface area contributed by atoms with E-state index >= 15 is 0 Å². The van der Waals surface area contributed by atoms with Crippen LogP contribution in [0.2, 0.25) is 0 Å². The third-order valence-corrected chi connectivity index (χ3v) is 2.93. The van der Waals surface area contributed by atoms with Gasteiger partial charge in [0.15, 0.2) is 12.6 Å². The standard InChI is InChI=1S/C13H28O4/c1-14-12(15-2)10-8-6-5-7-9-11-13(16-3)17-4/h12-13H,5-11H2,1-4H3. The Bertz CT molecular complexity index is 128. The quantitative estimate of drug-likeness (QED) is 0.393. The van der Waals surface area contributed by atoms with E-state index in [0.29, 0.717) is 0 Å². The first-order valence-electron chi connectivity index (χ1n) is 6.39. The Hall–Kier alpha value is -0.160. The lowest BCUT2D eigenvalue weighted by atomic mass is 10.1. The molecule has 0 N–H and O–H groups in total. The van der Waals surface area contributed by atoms with Crippen LogP contribution in [-0.4, -0.2) is 41.0 Å². The number of methoxy groups -OCH3 is 4. The first kappa shape index (κ1) is 16.8. The topological polar surface area (TPSA) is 36.9 Å². The predicted molar refractivity (Wildman–Crippen MR) is 67.9 cm³/mol. The monoisotopic (exact) mass is 248 g/mol. The van der Waals surface area contributed by atoms with Crippen LogP contribution in [0.5, 0.6) is 0 Å². The average molecular weight is 248 g/mol. The first-order valence-corrected chi connectivity index (χ1v) is 6.39. The zero-order valence-electron chi connectivity index (χ0n) is 11.7. The van der Waals surface area contributed by atoms with Gasteiger partial charge in [-0.3, -0.25) is 0 Å². The fourth-order valence-corrected chi connectivity index (χ4v) is 1.82. The van der Waals surface area contributed by atoms with Gasteiger partial charge < -0.3 is 18.9 Å². The molecule has 104 valence electrons. The molecule has 17 heavy (non-hydrogen) atoms. The highest BCUT2D eigenvalue weighted by molar-refractivity contribution is 4.50. The van der Waals surface area contributed by atoms with Gasteiger partial charge in [-0.2, -0.15) is 0 Å². The molecular weight excluding hydrogens is 220 g/mol. The normalized spacial score (nSPS) is 11.6. The van der Waals surface area contributed by atoms with Crippen molar-refractivity contribution in [3.8, 4) is 0 Å². The molecule has 4 nitrogen and oxygen atoms in total. The third-order valence-electron chi connectivity index (χ3n) is 2.93. The van der Waals surface area contributed by atoms with Crippen LogP contribution in [0.1, 0.15) is 44.9 Å². The van der Waals surface area contributed by atoms with E-state index in [0.717, 1.165) is 25.7 Å². The summed E-state index contributed by atoms with van der Waals surface area (Å²) >= 11 is 0. The van der Waals surface area contributed by atoms with Gasteiger partial charge in [-0.25, -0.2) is 0 Å². The Morgan fingerprint density at radius 1 is 0.529 bits per heavy atom. The Morgan fingerprint density at radius 3 is 1.12 bits per heavy atom. The molecule has 0 aromatic heterocycles. The van der Waals surface area contributed by atoms with Gasteiger partial charge >= 0.3 is 0 Å². The van der Waals surface area contributed by atoms with Crippen molar-refractivity contribution in [2.45, 2.75) is 57.5 Å². The van der Waals surface area contributed by atoms with E-state index in [2.05, 4.69) is 0 Å². The summed E-state index contributed by atoms with van der Waals surface area (Å²) in [5.74, 6) is 0. The molecule has 0 aliphatic heterocycles. The maximum Gasteiger partial charge on any atom is 0.156 e. The fourth-order valence-electron chi connectivity index (χ4n) is 1.82. The zero-order chi connectivity index (χ0) is 12.9. The van der Waals surface area contributed by atoms with Gasteiger partial charge in [0.05, 0.1) is 0 Å². The lowest BCUT2D eigenvalue weighted by Crippen LogP contribution is -2.12. The zero-order valence-corrected chi connectivity index (χ0v) is 11.7. The Kier molecular flexibility index (Phi) is 12.2. The lowest BCUT2D eigenvalue weighted by molar-refractivity contribution is -0.107. The molecule has 0 atom stereocenters. The summed E-state index contributed by atoms with van der Waals surface area (Å²) in [6.45, 7) is 0. The minimum Gasteiger partial charge on any atom is -0.356 e. The van der Waals surface area contributed by atoms with E-state index in [1.807, 2.05) is 0 Å². The summed E-state index contributed by atoms with van der Waals surface area (Å²) in [4.78, 5) is 0. The maximum atomic E-state index is 5.13. The molecule has 0 saturated heterocycles. The number of hydrogen-bond acceptors (Lipinski definition) is 4. The highest BCUT2D eigenvalue weighted by Crippen LogP contribution is 2.12. The largest absolute Gasteiger partial charge is 0.356 e. The summed E-state index contributed by atoms with van der Waals surface area (Å²) in [5.41, 5.74) is 0. The third kappa shape index (κ3) is 9.53. The molecule has 0 amide bonds. The van der Waals surface area contributed by atoms with Crippen LogP contribution in [0.15, 0.2) is 0 Å². The molecule has 0 aliphatic rings. The van der Waals surface area contributed by atoms with Crippen molar-refractivity contribution in [1.29, 1.82) is 0 Å². The second-order valence-electron chi connectivity index (χ2n) is 4.15. The van der Waals surface area contributed by atoms with Crippen LogP contribution < -0.4 is 0 Å². The Balaban J connectivity index is 3.23. The molecule has 4 heteroatoms. The van der Waals surface area contributed by atoms with E-state index < -0.39 is 0 Å². The van der Waals surface area contributed by atoms with Crippen LogP contribution in [0.3, 0.4) is 0 Å². The predicted octanol–water partition coefficient (Wildman–Crippen LogP) is 2.95. The molecular formula is C13H28O4. The van der Waals surface area contributed by atoms with E-state index in [-0.39, 0.29) is 12.6 Å². The van der Waals surface area contributed by atoms with Crippen molar-refractivity contribution in [1.82, 2.24) is 0 Å². The highest BCUT2D eigenvalue weighted by atomic mass is 16.7. The molecule has 0 heterocycles. The summed E-state index contributed by atoms with van der Waals surface area (Å²) in [6, 6.07) is 0. The lowest BCUT2D eigenvalue weighted by Gasteiger charge is -2.13. The Morgan fingerprint density at radius 2 is 0.824 bits per heavy atom. The number of hydrogen-bond donors (Lipinski definition) is 0. The van der Waals surface area contributed by atoms with Gasteiger partial charge in [-0.1, -0.05) is 19.3 Å². The van der Waals surface area contributed by atoms with Crippen molar-refractivity contribution in [2.75, 3.05) is 28.4 Å². The average Bonchev–Trinajstić information content (AvgIpc) is 2.37. The van der Waals surface area contributed by atoms with E-state index in [9.17, 15) is 0 Å². The minimum absolute atomic E-state index is 0.0404. The summed E-state index contributed by atoms with van der Waals surface area (Å²) in [6.07, 6.45) is 7.90. The van der Waals surface area contributed by atoms with E-state index in [1.165, 1.54) is 19.3 Å². The highest BCUT2D eigenvalue weighted by Gasteiger charge is 2.05. The fraction of sp³-hybridized carbons (Fsp3) is 1.00. The summed E-state index contributed by atoms with van der Waals surface area (Å²) in [7, 11) is 6.74. The van der Waals surface area contributed by atoms with Gasteiger partial charge in [0.2, 0.25) is 0 Å². The van der Waals surface area contributed by atoms with Gasteiger partial charge in [0.25, 0.3) is 0 Å². The molecule has 0 saturated carbocycles. The van der Waals surface area contributed by atoms with Crippen LogP contribution in [0.25, 0.3) is 0 Å². The minimum atomic E-state index is -0.0404. The molecule has 0 spiro atoms. The van der Waals surface area contributed by atoms with Gasteiger partial charge in [0, 0.05) is 28.4 Å². The Labute approximate surface area is 106 Å². The molecule has 0 radical (unpaired) electrons. The van der Waals surface area contributed by atoms with E-state index in [1.54, 1.807) is 28.4 Å². The number of unbranched alkanes of at least 4 members (excludes halogenated alkanes) is 4. The van der Waals surface area contributed by atoms with Crippen molar-refractivity contribution >= 4 is 0 Å². The molecule has 0 unspecified atom stereocenters. The van der Waals surface area contributed by atoms with Crippen LogP contribution in [0, 0.1) is 0 Å². The second-order valence-corrected chi connectivity index (χ2v) is 4.15. The van der Waals surface area contributed by atoms with Crippen LogP contribution >= 0.6 is 0 Å². The molecule has 0 aromatic carbocycles. The maximum absolute atomic E-state index is 5.13. The molecule has 0 fully saturated rings. The molecule has 0 aliphatic carbocycles. The first-order chi connectivity index (χ1) is 8.28. The SMILES string of the molecule is COC(CCCCCCCC(OC)OC)OC. The summed E-state index contributed by atoms with van der Waals surface area (Å²) < 4.78 is 20.5. The van der Waals surface area contributed by atoms with Gasteiger partial charge in [-0.15, -0.1) is 0 Å². The second kappa shape index (κ2) is 12.3. The van der Waals surface area contributed by atoms with E-state index in [4.69, 9.17) is 18.9 Å². The number of rotatable bonds is 12. The molecule has 0 aromatic rings. The summed E-state index contributed by atoms with van der Waals surface area (Å²) in [5, 5.41) is 0. The molecule has 0 bridgehead atoms. The van der Waals surface area contributed by atoms with Crippen molar-refractivity contribution in [2.24, 2.45) is 0 Å².